The summed E-state index contributed by atoms with van der Waals surface area (Å²) in [5.74, 6) is 0. The molecule has 5 heteroatoms. The molecule has 1 saturated heterocycles. The van der Waals surface area contributed by atoms with Crippen LogP contribution in [0.3, 0.4) is 0 Å². The SMILES string of the molecule is Cc1cc(C)n(CCCN2CCNC2=O)n1. The predicted molar refractivity (Wildman–Crippen MR) is 61.3 cm³/mol. The van der Waals surface area contributed by atoms with E-state index < -0.39 is 0 Å². The first-order valence-corrected chi connectivity index (χ1v) is 5.70. The molecule has 2 rings (SSSR count). The van der Waals surface area contributed by atoms with Gasteiger partial charge in [0.25, 0.3) is 0 Å². The molecule has 2 heterocycles. The standard InChI is InChI=1S/C11H18N4O/c1-9-8-10(2)15(13-9)6-3-5-14-7-4-12-11(14)16/h8H,3-7H2,1-2H3,(H,12,16). The smallest absolute Gasteiger partial charge is 0.317 e. The lowest BCUT2D eigenvalue weighted by Gasteiger charge is -2.13. The molecule has 16 heavy (non-hydrogen) atoms. The molecule has 1 aliphatic heterocycles. The van der Waals surface area contributed by atoms with E-state index >= 15 is 0 Å². The highest BCUT2D eigenvalue weighted by Crippen LogP contribution is 2.04. The number of nitrogens with one attached hydrogen (secondary N) is 1. The summed E-state index contributed by atoms with van der Waals surface area (Å²) in [6.45, 7) is 7.35. The van der Waals surface area contributed by atoms with Crippen molar-refractivity contribution in [2.45, 2.75) is 26.8 Å². The molecule has 0 aliphatic carbocycles. The minimum absolute atomic E-state index is 0.0633. The maximum absolute atomic E-state index is 11.3. The highest BCUT2D eigenvalue weighted by molar-refractivity contribution is 5.76. The first-order chi connectivity index (χ1) is 7.66. The summed E-state index contributed by atoms with van der Waals surface area (Å²) in [6, 6.07) is 2.14. The molecule has 1 N–H and O–H groups in total. The number of nitrogens with zero attached hydrogens (tertiary/aromatic N) is 3. The second kappa shape index (κ2) is 4.55. The van der Waals surface area contributed by atoms with Gasteiger partial charge in [-0.1, -0.05) is 0 Å². The highest BCUT2D eigenvalue weighted by atomic mass is 16.2. The number of aryl methyl sites for hydroxylation is 3. The Kier molecular flexibility index (Phi) is 3.12. The van der Waals surface area contributed by atoms with Crippen LogP contribution in [0.15, 0.2) is 6.07 Å². The number of rotatable bonds is 4. The van der Waals surface area contributed by atoms with E-state index in [1.807, 2.05) is 16.5 Å². The number of aromatic nitrogens is 2. The summed E-state index contributed by atoms with van der Waals surface area (Å²) in [5, 5.41) is 7.19. The molecule has 1 aliphatic rings. The fraction of sp³-hybridized carbons (Fsp3) is 0.636. The molecule has 0 spiro atoms. The Morgan fingerprint density at radius 1 is 1.44 bits per heavy atom. The second-order valence-electron chi connectivity index (χ2n) is 4.22. The monoisotopic (exact) mass is 222 g/mol. The van der Waals surface area contributed by atoms with Gasteiger partial charge in [0, 0.05) is 31.9 Å². The van der Waals surface area contributed by atoms with Crippen molar-refractivity contribution in [2.75, 3.05) is 19.6 Å². The Morgan fingerprint density at radius 2 is 2.25 bits per heavy atom. The fourth-order valence-electron chi connectivity index (χ4n) is 2.04. The van der Waals surface area contributed by atoms with Crippen molar-refractivity contribution in [2.24, 2.45) is 0 Å². The molecule has 0 radical (unpaired) electrons. The first-order valence-electron chi connectivity index (χ1n) is 5.70. The minimum Gasteiger partial charge on any atom is -0.336 e. The second-order valence-corrected chi connectivity index (χ2v) is 4.22. The quantitative estimate of drug-likeness (QED) is 0.823. The molecule has 1 aromatic rings. The summed E-state index contributed by atoms with van der Waals surface area (Å²) in [6.07, 6.45) is 0.954. The van der Waals surface area contributed by atoms with Crippen LogP contribution < -0.4 is 5.32 Å². The Hall–Kier alpha value is -1.52. The Balaban J connectivity index is 1.79. The van der Waals surface area contributed by atoms with E-state index in [-0.39, 0.29) is 6.03 Å². The lowest BCUT2D eigenvalue weighted by atomic mass is 10.3. The maximum Gasteiger partial charge on any atom is 0.317 e. The number of carbonyl (C=O) groups excluding carboxylic acids is 1. The van der Waals surface area contributed by atoms with Crippen LogP contribution in [-0.4, -0.2) is 40.3 Å². The number of amides is 2. The van der Waals surface area contributed by atoms with Crippen LogP contribution in [0.2, 0.25) is 0 Å². The van der Waals surface area contributed by atoms with Crippen LogP contribution >= 0.6 is 0 Å². The predicted octanol–water partition coefficient (Wildman–Crippen LogP) is 0.915. The van der Waals surface area contributed by atoms with E-state index in [4.69, 9.17) is 0 Å². The summed E-state index contributed by atoms with van der Waals surface area (Å²) >= 11 is 0. The molecule has 2 amide bonds. The third-order valence-electron chi connectivity index (χ3n) is 2.85. The zero-order valence-electron chi connectivity index (χ0n) is 9.86. The Labute approximate surface area is 95.4 Å². The van der Waals surface area contributed by atoms with Gasteiger partial charge >= 0.3 is 6.03 Å². The zero-order valence-corrected chi connectivity index (χ0v) is 9.86. The number of hydrogen-bond donors (Lipinski definition) is 1. The van der Waals surface area contributed by atoms with Crippen molar-refractivity contribution in [3.05, 3.63) is 17.5 Å². The van der Waals surface area contributed by atoms with E-state index in [0.29, 0.717) is 0 Å². The van der Waals surface area contributed by atoms with Crippen molar-refractivity contribution >= 4 is 6.03 Å². The lowest BCUT2D eigenvalue weighted by molar-refractivity contribution is 0.216. The molecule has 1 aromatic heterocycles. The first kappa shape index (κ1) is 11.0. The number of hydrogen-bond acceptors (Lipinski definition) is 2. The Bertz CT molecular complexity index is 385. The van der Waals surface area contributed by atoms with Gasteiger partial charge in [-0.25, -0.2) is 4.79 Å². The van der Waals surface area contributed by atoms with Gasteiger partial charge in [0.15, 0.2) is 0 Å². The van der Waals surface area contributed by atoms with E-state index in [9.17, 15) is 4.79 Å². The molecule has 0 unspecified atom stereocenters. The van der Waals surface area contributed by atoms with Gasteiger partial charge in [-0.05, 0) is 26.3 Å². The van der Waals surface area contributed by atoms with E-state index in [1.165, 1.54) is 5.69 Å². The van der Waals surface area contributed by atoms with Crippen LogP contribution in [0.1, 0.15) is 17.8 Å². The summed E-state index contributed by atoms with van der Waals surface area (Å²) in [7, 11) is 0. The van der Waals surface area contributed by atoms with Crippen LogP contribution in [-0.2, 0) is 6.54 Å². The summed E-state index contributed by atoms with van der Waals surface area (Å²) < 4.78 is 2.00. The summed E-state index contributed by atoms with van der Waals surface area (Å²) in [4.78, 5) is 13.1. The molecule has 5 nitrogen and oxygen atoms in total. The van der Waals surface area contributed by atoms with Gasteiger partial charge in [0.05, 0.1) is 5.69 Å². The fourth-order valence-corrected chi connectivity index (χ4v) is 2.04. The minimum atomic E-state index is 0.0633. The maximum atomic E-state index is 11.3. The average Bonchev–Trinajstić information content (AvgIpc) is 2.75. The molecular formula is C11H18N4O. The third-order valence-corrected chi connectivity index (χ3v) is 2.85. The van der Waals surface area contributed by atoms with E-state index in [1.54, 1.807) is 0 Å². The van der Waals surface area contributed by atoms with Crippen molar-refractivity contribution < 1.29 is 4.79 Å². The van der Waals surface area contributed by atoms with Crippen LogP contribution in [0.5, 0.6) is 0 Å². The van der Waals surface area contributed by atoms with Crippen molar-refractivity contribution in [3.8, 4) is 0 Å². The average molecular weight is 222 g/mol. The van der Waals surface area contributed by atoms with Gasteiger partial charge in [-0.3, -0.25) is 4.68 Å². The van der Waals surface area contributed by atoms with E-state index in [2.05, 4.69) is 23.4 Å². The summed E-state index contributed by atoms with van der Waals surface area (Å²) in [5.41, 5.74) is 2.24. The van der Waals surface area contributed by atoms with Crippen LogP contribution in [0.4, 0.5) is 4.79 Å². The molecular weight excluding hydrogens is 204 g/mol. The highest BCUT2D eigenvalue weighted by Gasteiger charge is 2.18. The van der Waals surface area contributed by atoms with Gasteiger partial charge < -0.3 is 10.2 Å². The van der Waals surface area contributed by atoms with Gasteiger partial charge in [0.2, 0.25) is 0 Å². The van der Waals surface area contributed by atoms with Crippen molar-refractivity contribution in [3.63, 3.8) is 0 Å². The zero-order chi connectivity index (χ0) is 11.5. The third kappa shape index (κ3) is 2.35. The van der Waals surface area contributed by atoms with E-state index in [0.717, 1.165) is 38.3 Å². The van der Waals surface area contributed by atoms with Gasteiger partial charge in [-0.2, -0.15) is 5.10 Å². The molecule has 0 atom stereocenters. The van der Waals surface area contributed by atoms with Crippen LogP contribution in [0.25, 0.3) is 0 Å². The number of urea groups is 1. The number of carbonyl (C=O) groups is 1. The molecule has 1 fully saturated rings. The molecule has 0 aromatic carbocycles. The molecule has 88 valence electrons. The largest absolute Gasteiger partial charge is 0.336 e. The molecule has 0 bridgehead atoms. The molecule has 0 saturated carbocycles. The van der Waals surface area contributed by atoms with Crippen molar-refractivity contribution in [1.29, 1.82) is 0 Å². The topological polar surface area (TPSA) is 50.2 Å². The van der Waals surface area contributed by atoms with Gasteiger partial charge in [0.1, 0.15) is 0 Å². The van der Waals surface area contributed by atoms with Gasteiger partial charge in [-0.15, -0.1) is 0 Å². The van der Waals surface area contributed by atoms with Crippen LogP contribution in [0, 0.1) is 13.8 Å². The Morgan fingerprint density at radius 3 is 2.81 bits per heavy atom. The van der Waals surface area contributed by atoms with Crippen molar-refractivity contribution in [1.82, 2.24) is 20.0 Å². The normalized spacial score (nSPS) is 15.6. The lowest BCUT2D eigenvalue weighted by Crippen LogP contribution is -2.29.